The summed E-state index contributed by atoms with van der Waals surface area (Å²) in [4.78, 5) is 16.4. The molecule has 0 saturated carbocycles. The maximum Gasteiger partial charge on any atom is 0.243 e. The van der Waals surface area contributed by atoms with Gasteiger partial charge in [-0.05, 0) is 31.5 Å². The number of amides is 1. The zero-order chi connectivity index (χ0) is 13.9. The summed E-state index contributed by atoms with van der Waals surface area (Å²) in [5, 5.41) is 9.30. The highest BCUT2D eigenvalue weighted by Gasteiger charge is 2.22. The van der Waals surface area contributed by atoms with Crippen molar-refractivity contribution in [2.24, 2.45) is 0 Å². The van der Waals surface area contributed by atoms with Crippen LogP contribution in [0.3, 0.4) is 0 Å². The molecule has 1 aromatic heterocycles. The summed E-state index contributed by atoms with van der Waals surface area (Å²) >= 11 is 7.30. The fourth-order valence-corrected chi connectivity index (χ4v) is 3.03. The number of anilines is 1. The second kappa shape index (κ2) is 5.91. The molecule has 3 rings (SSSR count). The van der Waals surface area contributed by atoms with Gasteiger partial charge in [0.05, 0.1) is 11.7 Å². The highest BCUT2D eigenvalue weighted by Crippen LogP contribution is 2.26. The molecule has 0 aliphatic carbocycles. The first kappa shape index (κ1) is 13.5. The van der Waals surface area contributed by atoms with Crippen molar-refractivity contribution in [3.63, 3.8) is 0 Å². The van der Waals surface area contributed by atoms with E-state index in [4.69, 9.17) is 11.6 Å². The molecule has 1 amide bonds. The fourth-order valence-electron chi connectivity index (χ4n) is 2.19. The number of halogens is 1. The maximum absolute atomic E-state index is 12.0. The van der Waals surface area contributed by atoms with Gasteiger partial charge in [0.25, 0.3) is 0 Å². The van der Waals surface area contributed by atoms with Crippen LogP contribution in [-0.2, 0) is 4.79 Å². The predicted octanol–water partition coefficient (Wildman–Crippen LogP) is 3.15. The van der Waals surface area contributed by atoms with E-state index < -0.39 is 0 Å². The molecule has 6 heteroatoms. The quantitative estimate of drug-likeness (QED) is 0.916. The second-order valence-electron chi connectivity index (χ2n) is 4.68. The summed E-state index contributed by atoms with van der Waals surface area (Å²) < 4.78 is 0. The molecule has 1 saturated heterocycles. The van der Waals surface area contributed by atoms with Crippen molar-refractivity contribution in [1.29, 1.82) is 0 Å². The summed E-state index contributed by atoms with van der Waals surface area (Å²) in [5.41, 5.74) is 1.84. The van der Waals surface area contributed by atoms with Gasteiger partial charge in [0.2, 0.25) is 5.91 Å². The largest absolute Gasteiger partial charge is 0.306 e. The molecule has 0 bridgehead atoms. The Kier molecular flexibility index (Phi) is 4.00. The van der Waals surface area contributed by atoms with Crippen LogP contribution >= 0.6 is 22.9 Å². The highest BCUT2D eigenvalue weighted by molar-refractivity contribution is 7.14. The van der Waals surface area contributed by atoms with Crippen molar-refractivity contribution >= 4 is 34.0 Å². The third-order valence-corrected chi connectivity index (χ3v) is 4.26. The molecular formula is C14H14ClN3OS. The number of nitrogens with zero attached hydrogens (tertiary/aromatic N) is 1. The monoisotopic (exact) mass is 307 g/mol. The van der Waals surface area contributed by atoms with E-state index in [0.29, 0.717) is 10.2 Å². The molecule has 2 heterocycles. The van der Waals surface area contributed by atoms with E-state index in [2.05, 4.69) is 15.6 Å². The number of rotatable bonds is 3. The topological polar surface area (TPSA) is 54.0 Å². The van der Waals surface area contributed by atoms with Gasteiger partial charge >= 0.3 is 0 Å². The SMILES string of the molecule is O=C(Nc1nc(-c2ccc(Cl)cc2)cs1)C1CCCN1. The zero-order valence-corrected chi connectivity index (χ0v) is 12.3. The Morgan fingerprint density at radius 1 is 1.40 bits per heavy atom. The minimum atomic E-state index is -0.0853. The third kappa shape index (κ3) is 3.00. The number of hydrogen-bond donors (Lipinski definition) is 2. The van der Waals surface area contributed by atoms with Crippen LogP contribution in [0.25, 0.3) is 11.3 Å². The summed E-state index contributed by atoms with van der Waals surface area (Å²) in [6.07, 6.45) is 1.94. The average molecular weight is 308 g/mol. The molecule has 1 aromatic carbocycles. The van der Waals surface area contributed by atoms with E-state index in [-0.39, 0.29) is 11.9 Å². The van der Waals surface area contributed by atoms with E-state index in [0.717, 1.165) is 30.6 Å². The van der Waals surface area contributed by atoms with Crippen LogP contribution in [0.15, 0.2) is 29.6 Å². The van der Waals surface area contributed by atoms with Crippen molar-refractivity contribution in [3.8, 4) is 11.3 Å². The van der Waals surface area contributed by atoms with Gasteiger partial charge in [-0.2, -0.15) is 0 Å². The normalized spacial score (nSPS) is 18.1. The molecule has 2 aromatic rings. The predicted molar refractivity (Wildman–Crippen MR) is 82.2 cm³/mol. The Bertz CT molecular complexity index is 605. The molecule has 0 spiro atoms. The lowest BCUT2D eigenvalue weighted by Crippen LogP contribution is -2.35. The maximum atomic E-state index is 12.0. The molecule has 1 atom stereocenters. The van der Waals surface area contributed by atoms with Crippen molar-refractivity contribution in [2.45, 2.75) is 18.9 Å². The molecule has 0 radical (unpaired) electrons. The van der Waals surface area contributed by atoms with Gasteiger partial charge in [-0.3, -0.25) is 4.79 Å². The van der Waals surface area contributed by atoms with E-state index in [1.165, 1.54) is 11.3 Å². The number of nitrogens with one attached hydrogen (secondary N) is 2. The van der Waals surface area contributed by atoms with Gasteiger partial charge in [0, 0.05) is 16.0 Å². The smallest absolute Gasteiger partial charge is 0.243 e. The lowest BCUT2D eigenvalue weighted by molar-refractivity contribution is -0.117. The van der Waals surface area contributed by atoms with Crippen LogP contribution in [0, 0.1) is 0 Å². The molecule has 1 unspecified atom stereocenters. The Morgan fingerprint density at radius 3 is 2.90 bits per heavy atom. The second-order valence-corrected chi connectivity index (χ2v) is 5.98. The first-order valence-electron chi connectivity index (χ1n) is 6.48. The number of benzene rings is 1. The number of thiazole rings is 1. The molecule has 20 heavy (non-hydrogen) atoms. The summed E-state index contributed by atoms with van der Waals surface area (Å²) in [6.45, 7) is 0.909. The summed E-state index contributed by atoms with van der Waals surface area (Å²) in [5.74, 6) is -0.000457. The number of hydrogen-bond acceptors (Lipinski definition) is 4. The minimum Gasteiger partial charge on any atom is -0.306 e. The Hall–Kier alpha value is -1.43. The van der Waals surface area contributed by atoms with E-state index in [1.54, 1.807) is 0 Å². The standard InChI is InChI=1S/C14H14ClN3OS/c15-10-5-3-9(4-6-10)12-8-20-14(17-12)18-13(19)11-2-1-7-16-11/h3-6,8,11,16H,1-2,7H2,(H,17,18,19). The van der Waals surface area contributed by atoms with Gasteiger partial charge in [-0.25, -0.2) is 4.98 Å². The van der Waals surface area contributed by atoms with E-state index in [1.807, 2.05) is 29.6 Å². The van der Waals surface area contributed by atoms with Crippen molar-refractivity contribution in [1.82, 2.24) is 10.3 Å². The molecule has 4 nitrogen and oxygen atoms in total. The van der Waals surface area contributed by atoms with Crippen LogP contribution in [0.2, 0.25) is 5.02 Å². The number of aromatic nitrogens is 1. The average Bonchev–Trinajstić information content (AvgIpc) is 3.10. The van der Waals surface area contributed by atoms with E-state index in [9.17, 15) is 4.79 Å². The molecule has 2 N–H and O–H groups in total. The Balaban J connectivity index is 1.70. The van der Waals surface area contributed by atoms with Crippen LogP contribution in [0.5, 0.6) is 0 Å². The number of carbonyl (C=O) groups is 1. The first-order chi connectivity index (χ1) is 9.72. The zero-order valence-electron chi connectivity index (χ0n) is 10.7. The lowest BCUT2D eigenvalue weighted by atomic mass is 10.2. The van der Waals surface area contributed by atoms with Crippen molar-refractivity contribution < 1.29 is 4.79 Å². The van der Waals surface area contributed by atoms with Crippen LogP contribution in [0.1, 0.15) is 12.8 Å². The van der Waals surface area contributed by atoms with Gasteiger partial charge in [0.15, 0.2) is 5.13 Å². The van der Waals surface area contributed by atoms with Gasteiger partial charge in [-0.15, -0.1) is 11.3 Å². The summed E-state index contributed by atoms with van der Waals surface area (Å²) in [6, 6.07) is 7.41. The van der Waals surface area contributed by atoms with Crippen molar-refractivity contribution in [3.05, 3.63) is 34.7 Å². The highest BCUT2D eigenvalue weighted by atomic mass is 35.5. The van der Waals surface area contributed by atoms with Crippen LogP contribution in [-0.4, -0.2) is 23.5 Å². The van der Waals surface area contributed by atoms with Crippen molar-refractivity contribution in [2.75, 3.05) is 11.9 Å². The van der Waals surface area contributed by atoms with Gasteiger partial charge in [-0.1, -0.05) is 23.7 Å². The Morgan fingerprint density at radius 2 is 2.20 bits per heavy atom. The van der Waals surface area contributed by atoms with Gasteiger partial charge in [0.1, 0.15) is 0 Å². The third-order valence-electron chi connectivity index (χ3n) is 3.25. The summed E-state index contributed by atoms with van der Waals surface area (Å²) in [7, 11) is 0. The fraction of sp³-hybridized carbons (Fsp3) is 0.286. The van der Waals surface area contributed by atoms with E-state index >= 15 is 0 Å². The van der Waals surface area contributed by atoms with Crippen LogP contribution in [0.4, 0.5) is 5.13 Å². The molecule has 104 valence electrons. The molecular weight excluding hydrogens is 294 g/mol. The Labute approximate surface area is 126 Å². The van der Waals surface area contributed by atoms with Crippen LogP contribution < -0.4 is 10.6 Å². The van der Waals surface area contributed by atoms with Gasteiger partial charge < -0.3 is 10.6 Å². The molecule has 1 aliphatic rings. The first-order valence-corrected chi connectivity index (χ1v) is 7.74. The number of carbonyl (C=O) groups excluding carboxylic acids is 1. The molecule has 1 fully saturated rings. The minimum absolute atomic E-state index is 0.000457. The molecule has 1 aliphatic heterocycles. The lowest BCUT2D eigenvalue weighted by Gasteiger charge is -2.08.